The van der Waals surface area contributed by atoms with E-state index in [9.17, 15) is 19.5 Å². The molecule has 66 heavy (non-hydrogen) atoms. The Hall–Kier alpha value is -3.70. The number of esters is 2. The standard InChI is InChI=1S/C55H79N4O6.Mg/c1-13-39-34(7)41-29-46-48(38(11)60)36(9)43(57-46)27-42-35(8)40(52(58-42)50-51(55(63)64-12)54(62)49-37(10)44(59-53(49)50)28-45(39)56-41)23-24-47(61)65-26-25-33(6)22-16-21-32(5)20-15-19-31(4)18-14-17-30(2)3;/h27-35,39-40,51-52H,13-26H2,1-12H3,(H2-,56,57,60,62);/q-3;+2/p-1/b42-27-,45-28+;/t31-,32-,33?,34+,35-,39+,40-,51+,52-;/m0./s1. The van der Waals surface area contributed by atoms with E-state index in [0.717, 1.165) is 65.2 Å². The Labute approximate surface area is 411 Å². The quantitative estimate of drug-likeness (QED) is 0.0740. The number of fused-ring (bicyclic) bond motifs is 8. The fourth-order valence-electron chi connectivity index (χ4n) is 11.1. The summed E-state index contributed by atoms with van der Waals surface area (Å²) in [5.41, 5.74) is 7.04. The van der Waals surface area contributed by atoms with Gasteiger partial charge in [0.25, 0.3) is 0 Å². The van der Waals surface area contributed by atoms with Crippen LogP contribution in [0.25, 0.3) is 40.2 Å². The zero-order chi connectivity index (χ0) is 47.3. The monoisotopic (exact) mass is 915 g/mol. The van der Waals surface area contributed by atoms with E-state index in [1.54, 1.807) is 6.92 Å². The van der Waals surface area contributed by atoms with Gasteiger partial charge >= 0.3 is 35.0 Å². The van der Waals surface area contributed by atoms with E-state index in [1.165, 1.54) is 58.5 Å². The largest absolute Gasteiger partial charge is 2.00 e. The van der Waals surface area contributed by atoms with E-state index in [0.29, 0.717) is 57.7 Å². The molecule has 4 aliphatic rings. The fraction of sp³-hybridized carbons (Fsp3) is 0.655. The van der Waals surface area contributed by atoms with Crippen molar-refractivity contribution in [2.45, 2.75) is 166 Å². The minimum atomic E-state index is -1.09. The fourth-order valence-corrected chi connectivity index (χ4v) is 11.1. The molecule has 3 aliphatic heterocycles. The predicted octanol–water partition coefficient (Wildman–Crippen LogP) is 11.2. The molecule has 358 valence electrons. The number of hydrogen-bond donors (Lipinski definition) is 1. The van der Waals surface area contributed by atoms with E-state index in [-0.39, 0.29) is 70.7 Å². The van der Waals surface area contributed by atoms with Crippen LogP contribution in [0, 0.1) is 67.1 Å². The van der Waals surface area contributed by atoms with Gasteiger partial charge in [-0.25, -0.2) is 0 Å². The van der Waals surface area contributed by atoms with Crippen molar-refractivity contribution in [2.24, 2.45) is 53.3 Å². The van der Waals surface area contributed by atoms with Crippen molar-refractivity contribution in [1.82, 2.24) is 9.97 Å². The maximum absolute atomic E-state index is 13.7. The summed E-state index contributed by atoms with van der Waals surface area (Å²) in [6, 6.07) is -0.604. The molecule has 8 bridgehead atoms. The molecule has 2 fully saturated rings. The van der Waals surface area contributed by atoms with Gasteiger partial charge in [0.05, 0.1) is 13.7 Å². The van der Waals surface area contributed by atoms with Crippen LogP contribution in [0.5, 0.6) is 0 Å². The Kier molecular flexibility index (Phi) is 19.0. The van der Waals surface area contributed by atoms with Crippen molar-refractivity contribution in [3.05, 3.63) is 72.1 Å². The van der Waals surface area contributed by atoms with Crippen LogP contribution < -0.4 is 20.5 Å². The third-order valence-corrected chi connectivity index (χ3v) is 15.3. The number of allylic oxidation sites excluding steroid dienone is 3. The van der Waals surface area contributed by atoms with Crippen molar-refractivity contribution in [3.8, 4) is 0 Å². The SMILES string of the molecule is CC[C@H]1/C2=C\c3[n-]c4c(c3C)=C(O)[C@H](C(=O)OC)C=4[C@H]3[N-]/C(=C\c4[n-]c(c(C(C)=O)c4C)/C=C(/[N-]2)[C@@H]1C)[C@@H](C)[C@@H]3CCC(=O)OCCC(C)CCC[C@@H](C)CCC[C@@H](C)CCCC(C)C.[Mg+2]. The van der Waals surface area contributed by atoms with Crippen molar-refractivity contribution in [2.75, 3.05) is 13.7 Å². The molecule has 0 radical (unpaired) electrons. The molecule has 1 N–H and O–H groups in total. The maximum Gasteiger partial charge on any atom is 2.00 e. The third-order valence-electron chi connectivity index (χ3n) is 15.3. The Bertz CT molecular complexity index is 2280. The number of Topliss-reactive ketones (excluding diaryl/α,β-unsaturated/α-hetero) is 1. The van der Waals surface area contributed by atoms with Crippen LogP contribution in [0.4, 0.5) is 0 Å². The Morgan fingerprint density at radius 2 is 1.33 bits per heavy atom. The molecule has 0 spiro atoms. The summed E-state index contributed by atoms with van der Waals surface area (Å²) in [6.07, 6.45) is 19.8. The molecule has 9 atom stereocenters. The first kappa shape index (κ1) is 53.3. The van der Waals surface area contributed by atoms with Crippen LogP contribution in [0.15, 0.2) is 17.1 Å². The number of rotatable bonds is 21. The van der Waals surface area contributed by atoms with Crippen LogP contribution >= 0.6 is 0 Å². The number of nitrogens with zero attached hydrogens (tertiary/aromatic N) is 4. The van der Waals surface area contributed by atoms with Gasteiger partial charge in [-0.1, -0.05) is 161 Å². The molecule has 0 saturated carbocycles. The number of methoxy groups -OCH3 is 1. The minimum absolute atomic E-state index is 0. The number of ether oxygens (including phenoxy) is 2. The number of aliphatic hydroxyl groups excluding tert-OH is 1. The summed E-state index contributed by atoms with van der Waals surface area (Å²) in [5, 5.41) is 23.4. The zero-order valence-corrected chi connectivity index (χ0v) is 43.8. The normalized spacial score (nSPS) is 25.7. The molecule has 0 aromatic carbocycles. The number of aliphatic hydroxyl groups is 1. The predicted molar refractivity (Wildman–Crippen MR) is 268 cm³/mol. The molecular weight excluding hydrogens is 837 g/mol. The zero-order valence-electron chi connectivity index (χ0n) is 42.4. The van der Waals surface area contributed by atoms with Gasteiger partial charge in [-0.2, -0.15) is 17.1 Å². The van der Waals surface area contributed by atoms with Crippen LogP contribution in [0.1, 0.15) is 184 Å². The number of carbonyl (C=O) groups is 3. The molecule has 2 aromatic heterocycles. The van der Waals surface area contributed by atoms with Gasteiger partial charge in [0.15, 0.2) is 5.78 Å². The molecule has 5 heterocycles. The molecule has 2 saturated heterocycles. The molecule has 6 rings (SSSR count). The minimum Gasteiger partial charge on any atom is -0.681 e. The Balaban J connectivity index is 0.00000817. The van der Waals surface area contributed by atoms with Gasteiger partial charge in [-0.05, 0) is 81.0 Å². The van der Waals surface area contributed by atoms with Crippen molar-refractivity contribution < 1.29 is 29.0 Å². The van der Waals surface area contributed by atoms with Crippen LogP contribution in [0.2, 0.25) is 0 Å². The van der Waals surface area contributed by atoms with Gasteiger partial charge in [0.2, 0.25) is 0 Å². The van der Waals surface area contributed by atoms with Gasteiger partial charge < -0.3 is 35.2 Å². The smallest absolute Gasteiger partial charge is 0.681 e. The van der Waals surface area contributed by atoms with Crippen LogP contribution in [0.3, 0.4) is 0 Å². The van der Waals surface area contributed by atoms with Gasteiger partial charge in [0.1, 0.15) is 11.7 Å². The molecule has 0 amide bonds. The van der Waals surface area contributed by atoms with E-state index >= 15 is 0 Å². The first-order valence-electron chi connectivity index (χ1n) is 25.0. The van der Waals surface area contributed by atoms with Gasteiger partial charge in [-0.3, -0.25) is 14.4 Å². The topological polar surface area (TPSA) is 146 Å². The molecular formula is C55H78MgN4O6-2. The second-order valence-electron chi connectivity index (χ2n) is 20.8. The summed E-state index contributed by atoms with van der Waals surface area (Å²) in [7, 11) is 1.32. The Morgan fingerprint density at radius 3 is 1.92 bits per heavy atom. The average molecular weight is 916 g/mol. The summed E-state index contributed by atoms with van der Waals surface area (Å²) in [5.74, 6) is 0.498. The molecule has 2 aromatic rings. The first-order valence-corrected chi connectivity index (χ1v) is 25.0. The summed E-state index contributed by atoms with van der Waals surface area (Å²) >= 11 is 0. The second-order valence-corrected chi connectivity index (χ2v) is 20.8. The molecule has 1 unspecified atom stereocenters. The maximum atomic E-state index is 13.7. The van der Waals surface area contributed by atoms with E-state index < -0.39 is 17.9 Å². The van der Waals surface area contributed by atoms with Crippen molar-refractivity contribution >= 4 is 70.3 Å². The molecule has 11 heteroatoms. The van der Waals surface area contributed by atoms with Crippen LogP contribution in [-0.4, -0.2) is 65.6 Å². The van der Waals surface area contributed by atoms with Crippen molar-refractivity contribution in [3.63, 3.8) is 0 Å². The van der Waals surface area contributed by atoms with E-state index in [1.807, 2.05) is 32.1 Å². The van der Waals surface area contributed by atoms with Gasteiger partial charge in [-0.15, -0.1) is 22.4 Å². The first-order chi connectivity index (χ1) is 30.9. The average Bonchev–Trinajstić information content (AvgIpc) is 4.00. The molecule has 1 aliphatic carbocycles. The van der Waals surface area contributed by atoms with E-state index in [4.69, 9.17) is 30.1 Å². The summed E-state index contributed by atoms with van der Waals surface area (Å²) < 4.78 is 11.2. The second kappa shape index (κ2) is 23.5. The Morgan fingerprint density at radius 1 is 0.758 bits per heavy atom. The number of hydrogen-bond acceptors (Lipinski definition) is 6. The summed E-state index contributed by atoms with van der Waals surface area (Å²) in [4.78, 5) is 50.5. The van der Waals surface area contributed by atoms with Crippen molar-refractivity contribution in [1.29, 1.82) is 0 Å². The number of ketones is 1. The third kappa shape index (κ3) is 11.9. The summed E-state index contributed by atoms with van der Waals surface area (Å²) in [6.45, 7) is 23.9. The number of carbonyl (C=O) groups excluding carboxylic acids is 3. The van der Waals surface area contributed by atoms with E-state index in [2.05, 4.69) is 55.4 Å². The van der Waals surface area contributed by atoms with Crippen LogP contribution in [-0.2, 0) is 19.1 Å². The molecule has 10 nitrogen and oxygen atoms in total. The number of aromatic nitrogens is 2. The van der Waals surface area contributed by atoms with Gasteiger partial charge in [0, 0.05) is 17.2 Å².